The van der Waals surface area contributed by atoms with Crippen LogP contribution in [0.2, 0.25) is 0 Å². The predicted octanol–water partition coefficient (Wildman–Crippen LogP) is 4.08. The van der Waals surface area contributed by atoms with Gasteiger partial charge in [-0.1, -0.05) is 30.3 Å². The Morgan fingerprint density at radius 2 is 1.74 bits per heavy atom. The van der Waals surface area contributed by atoms with Crippen molar-refractivity contribution in [2.45, 2.75) is 6.92 Å². The van der Waals surface area contributed by atoms with Crippen LogP contribution in [0.4, 0.5) is 0 Å². The summed E-state index contributed by atoms with van der Waals surface area (Å²) in [4.78, 5) is 4.21. The molecule has 2 heteroatoms. The highest BCUT2D eigenvalue weighted by Crippen LogP contribution is 2.31. The van der Waals surface area contributed by atoms with Crippen LogP contribution in [0.15, 0.2) is 54.9 Å². The third-order valence-electron chi connectivity index (χ3n) is 3.37. The van der Waals surface area contributed by atoms with Crippen molar-refractivity contribution in [2.75, 3.05) is 0 Å². The van der Waals surface area contributed by atoms with Gasteiger partial charge in [0.1, 0.15) is 0 Å². The predicted molar refractivity (Wildman–Crippen MR) is 76.6 cm³/mol. The van der Waals surface area contributed by atoms with Crippen LogP contribution < -0.4 is 0 Å². The van der Waals surface area contributed by atoms with Crippen LogP contribution in [0, 0.1) is 18.3 Å². The zero-order valence-electron chi connectivity index (χ0n) is 10.6. The van der Waals surface area contributed by atoms with Crippen molar-refractivity contribution < 1.29 is 0 Å². The summed E-state index contributed by atoms with van der Waals surface area (Å²) in [5.74, 6) is 0. The average molecular weight is 244 g/mol. The molecule has 0 aliphatic rings. The Kier molecular flexibility index (Phi) is 2.74. The number of fused-ring (bicyclic) bond motifs is 1. The quantitative estimate of drug-likeness (QED) is 0.646. The Hall–Kier alpha value is -2.66. The first-order valence-corrected chi connectivity index (χ1v) is 6.14. The Bertz CT molecular complexity index is 798. The lowest BCUT2D eigenvalue weighted by Gasteiger charge is -2.10. The first-order valence-electron chi connectivity index (χ1n) is 6.14. The van der Waals surface area contributed by atoms with Crippen LogP contribution in [-0.2, 0) is 0 Å². The van der Waals surface area contributed by atoms with Gasteiger partial charge in [0, 0.05) is 23.3 Å². The number of pyridine rings is 1. The van der Waals surface area contributed by atoms with Crippen LogP contribution in [0.5, 0.6) is 0 Å². The van der Waals surface area contributed by atoms with Crippen molar-refractivity contribution >= 4 is 10.8 Å². The Morgan fingerprint density at radius 3 is 2.47 bits per heavy atom. The Balaban J connectivity index is 2.39. The van der Waals surface area contributed by atoms with Crippen molar-refractivity contribution in [3.05, 3.63) is 66.0 Å². The van der Waals surface area contributed by atoms with Crippen molar-refractivity contribution in [1.82, 2.24) is 4.98 Å². The minimum absolute atomic E-state index is 0.709. The molecule has 0 saturated carbocycles. The monoisotopic (exact) mass is 244 g/mol. The summed E-state index contributed by atoms with van der Waals surface area (Å²) < 4.78 is 0. The van der Waals surface area contributed by atoms with E-state index in [1.54, 1.807) is 6.20 Å². The summed E-state index contributed by atoms with van der Waals surface area (Å²) in [5, 5.41) is 11.3. The van der Waals surface area contributed by atoms with E-state index in [2.05, 4.69) is 24.0 Å². The van der Waals surface area contributed by atoms with Crippen molar-refractivity contribution in [2.24, 2.45) is 0 Å². The Morgan fingerprint density at radius 1 is 0.947 bits per heavy atom. The lowest BCUT2D eigenvalue weighted by atomic mass is 9.94. The van der Waals surface area contributed by atoms with E-state index >= 15 is 0 Å². The van der Waals surface area contributed by atoms with Crippen LogP contribution >= 0.6 is 0 Å². The van der Waals surface area contributed by atoms with Crippen LogP contribution in [-0.4, -0.2) is 4.98 Å². The summed E-state index contributed by atoms with van der Waals surface area (Å²) in [7, 11) is 0. The number of aryl methyl sites for hydroxylation is 1. The fourth-order valence-corrected chi connectivity index (χ4v) is 2.38. The van der Waals surface area contributed by atoms with E-state index < -0.39 is 0 Å². The maximum absolute atomic E-state index is 9.19. The van der Waals surface area contributed by atoms with E-state index in [9.17, 15) is 5.26 Å². The number of rotatable bonds is 1. The number of nitriles is 1. The third-order valence-corrected chi connectivity index (χ3v) is 3.37. The standard InChI is InChI=1S/C17H12N2/c1-12-8-9-19-11-17(12)16-7-6-13(10-18)14-4-2-3-5-15(14)16/h2-9,11H,1H3. The molecule has 0 saturated heterocycles. The van der Waals surface area contributed by atoms with Gasteiger partial charge in [-0.25, -0.2) is 0 Å². The molecular weight excluding hydrogens is 232 g/mol. The highest BCUT2D eigenvalue weighted by molar-refractivity contribution is 6.00. The van der Waals surface area contributed by atoms with Crippen LogP contribution in [0.1, 0.15) is 11.1 Å². The molecule has 0 atom stereocenters. The topological polar surface area (TPSA) is 36.7 Å². The summed E-state index contributed by atoms with van der Waals surface area (Å²) in [6.07, 6.45) is 3.67. The van der Waals surface area contributed by atoms with Crippen LogP contribution in [0.25, 0.3) is 21.9 Å². The van der Waals surface area contributed by atoms with E-state index in [0.717, 1.165) is 21.9 Å². The molecule has 0 amide bonds. The zero-order chi connectivity index (χ0) is 13.2. The highest BCUT2D eigenvalue weighted by atomic mass is 14.6. The fourth-order valence-electron chi connectivity index (χ4n) is 2.38. The summed E-state index contributed by atoms with van der Waals surface area (Å²) in [5.41, 5.74) is 4.13. The molecule has 0 N–H and O–H groups in total. The van der Waals surface area contributed by atoms with E-state index in [0.29, 0.717) is 5.56 Å². The summed E-state index contributed by atoms with van der Waals surface area (Å²) in [6, 6.07) is 16.1. The number of hydrogen-bond acceptors (Lipinski definition) is 2. The number of nitrogens with zero attached hydrogens (tertiary/aromatic N) is 2. The van der Waals surface area contributed by atoms with Gasteiger partial charge in [-0.15, -0.1) is 0 Å². The molecule has 0 spiro atoms. The lowest BCUT2D eigenvalue weighted by Crippen LogP contribution is -1.88. The molecule has 0 fully saturated rings. The molecular formula is C17H12N2. The van der Waals surface area contributed by atoms with Gasteiger partial charge in [0.2, 0.25) is 0 Å². The number of benzene rings is 2. The highest BCUT2D eigenvalue weighted by Gasteiger charge is 2.08. The van der Waals surface area contributed by atoms with E-state index in [1.807, 2.05) is 42.6 Å². The average Bonchev–Trinajstić information content (AvgIpc) is 2.47. The fraction of sp³-hybridized carbons (Fsp3) is 0.0588. The minimum Gasteiger partial charge on any atom is -0.264 e. The largest absolute Gasteiger partial charge is 0.264 e. The Labute approximate surface area is 112 Å². The van der Waals surface area contributed by atoms with Gasteiger partial charge in [-0.3, -0.25) is 4.98 Å². The second kappa shape index (κ2) is 4.55. The lowest BCUT2D eigenvalue weighted by molar-refractivity contribution is 1.29. The van der Waals surface area contributed by atoms with Crippen molar-refractivity contribution in [3.63, 3.8) is 0 Å². The van der Waals surface area contributed by atoms with Crippen molar-refractivity contribution in [3.8, 4) is 17.2 Å². The van der Waals surface area contributed by atoms with Gasteiger partial charge in [0.05, 0.1) is 11.6 Å². The maximum Gasteiger partial charge on any atom is 0.0998 e. The molecule has 1 aromatic heterocycles. The first-order chi connectivity index (χ1) is 9.31. The SMILES string of the molecule is Cc1ccncc1-c1ccc(C#N)c2ccccc12. The second-order valence-electron chi connectivity index (χ2n) is 4.51. The van der Waals surface area contributed by atoms with Crippen molar-refractivity contribution in [1.29, 1.82) is 5.26 Å². The van der Waals surface area contributed by atoms with E-state index in [1.165, 1.54) is 5.56 Å². The van der Waals surface area contributed by atoms with Crippen LogP contribution in [0.3, 0.4) is 0 Å². The summed E-state index contributed by atoms with van der Waals surface area (Å²) >= 11 is 0. The maximum atomic E-state index is 9.19. The van der Waals surface area contributed by atoms with Gasteiger partial charge in [0.25, 0.3) is 0 Å². The normalized spacial score (nSPS) is 10.3. The molecule has 0 bridgehead atoms. The zero-order valence-corrected chi connectivity index (χ0v) is 10.6. The van der Waals surface area contributed by atoms with E-state index in [4.69, 9.17) is 0 Å². The second-order valence-corrected chi connectivity index (χ2v) is 4.51. The molecule has 1 heterocycles. The molecule has 0 aliphatic carbocycles. The molecule has 2 aromatic carbocycles. The number of hydrogen-bond donors (Lipinski definition) is 0. The van der Waals surface area contributed by atoms with Gasteiger partial charge in [-0.2, -0.15) is 5.26 Å². The molecule has 0 unspecified atom stereocenters. The van der Waals surface area contributed by atoms with Gasteiger partial charge in [0.15, 0.2) is 0 Å². The molecule has 3 rings (SSSR count). The minimum atomic E-state index is 0.709. The third kappa shape index (κ3) is 1.86. The molecule has 0 aliphatic heterocycles. The first kappa shape index (κ1) is 11.4. The summed E-state index contributed by atoms with van der Waals surface area (Å²) in [6.45, 7) is 2.07. The molecule has 90 valence electrons. The van der Waals surface area contributed by atoms with E-state index in [-0.39, 0.29) is 0 Å². The molecule has 3 aromatic rings. The molecule has 19 heavy (non-hydrogen) atoms. The number of aromatic nitrogens is 1. The molecule has 2 nitrogen and oxygen atoms in total. The smallest absolute Gasteiger partial charge is 0.0998 e. The van der Waals surface area contributed by atoms with Gasteiger partial charge >= 0.3 is 0 Å². The molecule has 0 radical (unpaired) electrons. The van der Waals surface area contributed by atoms with Gasteiger partial charge < -0.3 is 0 Å². The van der Waals surface area contributed by atoms with Gasteiger partial charge in [-0.05, 0) is 35.6 Å².